The van der Waals surface area contributed by atoms with Gasteiger partial charge in [0.25, 0.3) is 0 Å². The Morgan fingerprint density at radius 1 is 1.05 bits per heavy atom. The van der Waals surface area contributed by atoms with Crippen LogP contribution in [-0.2, 0) is 0 Å². The zero-order chi connectivity index (χ0) is 26.9. The number of carbonyl (C=O) groups excluding carboxylic acids is 2. The van der Waals surface area contributed by atoms with Gasteiger partial charge in [0, 0.05) is 19.2 Å². The van der Waals surface area contributed by atoms with Crippen molar-refractivity contribution in [1.29, 1.82) is 0 Å². The third-order valence-corrected chi connectivity index (χ3v) is 6.56. The van der Waals surface area contributed by atoms with Gasteiger partial charge in [0.2, 0.25) is 11.5 Å². The normalized spacial score (nSPS) is 12.3. The van der Waals surface area contributed by atoms with Crippen LogP contribution in [0.4, 0.5) is 28.7 Å². The van der Waals surface area contributed by atoms with E-state index in [1.807, 2.05) is 0 Å². The highest BCUT2D eigenvalue weighted by Crippen LogP contribution is 2.45. The number of carbonyl (C=O) groups is 2. The van der Waals surface area contributed by atoms with Crippen LogP contribution in [0.2, 0.25) is 10.0 Å². The molecule has 11 heteroatoms. The molecule has 0 spiro atoms. The van der Waals surface area contributed by atoms with E-state index >= 15 is 0 Å². The van der Waals surface area contributed by atoms with Crippen molar-refractivity contribution in [2.24, 2.45) is 10.2 Å². The van der Waals surface area contributed by atoms with Gasteiger partial charge in [-0.2, -0.15) is 0 Å². The summed E-state index contributed by atoms with van der Waals surface area (Å²) in [5.41, 5.74) is 0.664. The van der Waals surface area contributed by atoms with E-state index in [2.05, 4.69) is 37.6 Å². The Bertz CT molecular complexity index is 1530. The van der Waals surface area contributed by atoms with Gasteiger partial charge in [0.15, 0.2) is 11.6 Å². The van der Waals surface area contributed by atoms with Crippen LogP contribution in [0.3, 0.4) is 0 Å². The van der Waals surface area contributed by atoms with Gasteiger partial charge in [0.05, 0.1) is 33.3 Å². The number of rotatable bonds is 7. The van der Waals surface area contributed by atoms with Gasteiger partial charge in [-0.15, -0.1) is 10.2 Å². The molecule has 0 radical (unpaired) electrons. The molecule has 1 heterocycles. The summed E-state index contributed by atoms with van der Waals surface area (Å²) in [5, 5.41) is 25.0. The van der Waals surface area contributed by atoms with Crippen molar-refractivity contribution >= 4 is 63.5 Å². The number of nitrogens with zero attached hydrogens (tertiary/aromatic N) is 4. The van der Waals surface area contributed by atoms with Gasteiger partial charge in [-0.25, -0.2) is 9.83 Å². The first kappa shape index (κ1) is 26.1. The van der Waals surface area contributed by atoms with Gasteiger partial charge in [-0.1, -0.05) is 48.7 Å². The van der Waals surface area contributed by atoms with Crippen LogP contribution < -0.4 is 10.6 Å². The second-order valence-corrected chi connectivity index (χ2v) is 9.08. The fourth-order valence-electron chi connectivity index (χ4n) is 4.10. The molecule has 0 saturated heterocycles. The monoisotopic (exact) mass is 536 g/mol. The lowest BCUT2D eigenvalue weighted by atomic mass is 9.82. The van der Waals surface area contributed by atoms with Gasteiger partial charge < -0.3 is 15.7 Å². The number of nitrogens with one attached hydrogen (secondary N) is 2. The summed E-state index contributed by atoms with van der Waals surface area (Å²) in [7, 11) is 1.66. The number of ketones is 2. The molecule has 0 aliphatic heterocycles. The van der Waals surface area contributed by atoms with Gasteiger partial charge in [0.1, 0.15) is 22.9 Å². The molecule has 0 atom stereocenters. The number of aromatic hydroxyl groups is 1. The second kappa shape index (κ2) is 10.5. The summed E-state index contributed by atoms with van der Waals surface area (Å²) >= 11 is 12.8. The topological polar surface area (TPSA) is 120 Å². The molecule has 0 amide bonds. The zero-order valence-electron chi connectivity index (χ0n) is 20.2. The van der Waals surface area contributed by atoms with Gasteiger partial charge >= 0.3 is 0 Å². The fourth-order valence-corrected chi connectivity index (χ4v) is 4.69. The largest absolute Gasteiger partial charge is 0.507 e. The molecule has 0 saturated carbocycles. The van der Waals surface area contributed by atoms with Crippen molar-refractivity contribution in [3.63, 3.8) is 0 Å². The number of unbranched alkanes of at least 4 members (excludes halogenated alkanes) is 1. The molecule has 1 aliphatic rings. The summed E-state index contributed by atoms with van der Waals surface area (Å²) in [5.74, 6) is -0.742. The van der Waals surface area contributed by atoms with Crippen LogP contribution in [0.15, 0.2) is 34.5 Å². The standard InChI is InChI=1S/C26H22Cl2N6O3/c1-5-6-10-31-26-20(29-3)12(2)21(25(30-4)32-26)33-34-22-15(28)11-14(27)18-19(22)24(37)17-13(23(18)36)8-7-9-16(17)35/h7-9,11,35H,5-6,10H2,1-2,4H3,(H2,30,31,32). The number of hydrogen-bond acceptors (Lipinski definition) is 8. The van der Waals surface area contributed by atoms with Crippen LogP contribution in [0.25, 0.3) is 4.85 Å². The Morgan fingerprint density at radius 2 is 1.78 bits per heavy atom. The SMILES string of the molecule is [C-]#[N+]c1c(NCCCC)nc(NC)c(N=Nc2c(Cl)cc(Cl)c3c2C(=O)c2c(O)cccc2C3=O)c1C. The lowest BCUT2D eigenvalue weighted by molar-refractivity contribution is 0.0977. The van der Waals surface area contributed by atoms with E-state index in [9.17, 15) is 14.7 Å². The quantitative estimate of drug-likeness (QED) is 0.128. The van der Waals surface area contributed by atoms with E-state index in [1.54, 1.807) is 14.0 Å². The Labute approximate surface area is 223 Å². The molecule has 4 rings (SSSR count). The summed E-state index contributed by atoms with van der Waals surface area (Å²) in [6, 6.07) is 5.56. The van der Waals surface area contributed by atoms with Crippen molar-refractivity contribution in [3.8, 4) is 5.75 Å². The third kappa shape index (κ3) is 4.50. The highest BCUT2D eigenvalue weighted by atomic mass is 35.5. The predicted molar refractivity (Wildman–Crippen MR) is 144 cm³/mol. The van der Waals surface area contributed by atoms with E-state index in [0.29, 0.717) is 29.4 Å². The second-order valence-electron chi connectivity index (χ2n) is 8.27. The van der Waals surface area contributed by atoms with Crippen molar-refractivity contribution in [1.82, 2.24) is 4.98 Å². The number of azo groups is 1. The maximum atomic E-state index is 13.5. The highest BCUT2D eigenvalue weighted by molar-refractivity contribution is 6.43. The molecule has 2 aromatic carbocycles. The summed E-state index contributed by atoms with van der Waals surface area (Å²) in [6.45, 7) is 12.1. The lowest BCUT2D eigenvalue weighted by Crippen LogP contribution is -2.21. The molecule has 3 aromatic rings. The number of fused-ring (bicyclic) bond motifs is 2. The predicted octanol–water partition coefficient (Wildman–Crippen LogP) is 7.40. The summed E-state index contributed by atoms with van der Waals surface area (Å²) < 4.78 is 0. The minimum absolute atomic E-state index is 0.00704. The highest BCUT2D eigenvalue weighted by Gasteiger charge is 2.37. The van der Waals surface area contributed by atoms with Crippen molar-refractivity contribution in [2.45, 2.75) is 26.7 Å². The first-order valence-electron chi connectivity index (χ1n) is 11.4. The number of anilines is 2. The minimum atomic E-state index is -0.651. The Kier molecular flexibility index (Phi) is 7.43. The first-order chi connectivity index (χ1) is 17.7. The number of phenols is 1. The van der Waals surface area contributed by atoms with E-state index in [-0.39, 0.29) is 49.4 Å². The third-order valence-electron chi connectivity index (χ3n) is 5.98. The Morgan fingerprint density at radius 3 is 2.46 bits per heavy atom. The van der Waals surface area contributed by atoms with Gasteiger partial charge in [-0.3, -0.25) is 9.59 Å². The molecule has 9 nitrogen and oxygen atoms in total. The van der Waals surface area contributed by atoms with E-state index < -0.39 is 11.6 Å². The number of benzene rings is 2. The Hall–Kier alpha value is -4.00. The minimum Gasteiger partial charge on any atom is -0.507 e. The number of aromatic nitrogens is 1. The van der Waals surface area contributed by atoms with Crippen molar-refractivity contribution < 1.29 is 14.7 Å². The molecule has 0 bridgehead atoms. The average molecular weight is 537 g/mol. The number of hydrogen-bond donors (Lipinski definition) is 3. The lowest BCUT2D eigenvalue weighted by Gasteiger charge is -2.21. The van der Waals surface area contributed by atoms with E-state index in [1.165, 1.54) is 24.3 Å². The van der Waals surface area contributed by atoms with Crippen LogP contribution in [0.1, 0.15) is 57.2 Å². The van der Waals surface area contributed by atoms with Crippen molar-refractivity contribution in [3.05, 3.63) is 73.5 Å². The molecule has 1 aromatic heterocycles. The number of pyridine rings is 1. The number of phenolic OH excluding ortho intramolecular Hbond substituents is 1. The van der Waals surface area contributed by atoms with Crippen LogP contribution >= 0.6 is 23.2 Å². The average Bonchev–Trinajstić information content (AvgIpc) is 2.87. The Balaban J connectivity index is 1.88. The molecule has 0 unspecified atom stereocenters. The molecule has 0 fully saturated rings. The molecule has 188 valence electrons. The van der Waals surface area contributed by atoms with E-state index in [0.717, 1.165) is 12.8 Å². The molecule has 3 N–H and O–H groups in total. The number of halogens is 2. The van der Waals surface area contributed by atoms with Crippen LogP contribution in [0, 0.1) is 13.5 Å². The van der Waals surface area contributed by atoms with Crippen LogP contribution in [-0.4, -0.2) is 35.2 Å². The summed E-state index contributed by atoms with van der Waals surface area (Å²) in [6.07, 6.45) is 1.90. The smallest absolute Gasteiger partial charge is 0.233 e. The molecular formula is C26H22Cl2N6O3. The summed E-state index contributed by atoms with van der Waals surface area (Å²) in [4.78, 5) is 34.8. The molecular weight excluding hydrogens is 515 g/mol. The fraction of sp³-hybridized carbons (Fsp3) is 0.231. The maximum absolute atomic E-state index is 13.5. The van der Waals surface area contributed by atoms with E-state index in [4.69, 9.17) is 29.8 Å². The van der Waals surface area contributed by atoms with Crippen LogP contribution in [0.5, 0.6) is 5.75 Å². The van der Waals surface area contributed by atoms with Gasteiger partial charge in [-0.05, 0) is 31.0 Å². The van der Waals surface area contributed by atoms with Crippen molar-refractivity contribution in [2.75, 3.05) is 24.2 Å². The maximum Gasteiger partial charge on any atom is 0.233 e. The first-order valence-corrected chi connectivity index (χ1v) is 12.2. The molecule has 1 aliphatic carbocycles. The zero-order valence-corrected chi connectivity index (χ0v) is 21.8. The molecule has 37 heavy (non-hydrogen) atoms.